The summed E-state index contributed by atoms with van der Waals surface area (Å²) in [5.41, 5.74) is 4.68. The highest BCUT2D eigenvalue weighted by Gasteiger charge is 2.33. The molecule has 0 saturated carbocycles. The molecular formula is C22H31NO2S. The largest absolute Gasteiger partial charge is 0.598 e. The first kappa shape index (κ1) is 21.0. The Bertz CT molecular complexity index is 677. The summed E-state index contributed by atoms with van der Waals surface area (Å²) in [6, 6.07) is 16.3. The minimum absolute atomic E-state index is 0.124. The predicted octanol–water partition coefficient (Wildman–Crippen LogP) is 5.00. The van der Waals surface area contributed by atoms with Gasteiger partial charge in [-0.1, -0.05) is 48.5 Å². The van der Waals surface area contributed by atoms with Crippen LogP contribution in [0.4, 0.5) is 0 Å². The van der Waals surface area contributed by atoms with E-state index < -0.39 is 11.4 Å². The Morgan fingerprint density at radius 3 is 2.12 bits per heavy atom. The summed E-state index contributed by atoms with van der Waals surface area (Å²) < 4.78 is 22.0. The molecule has 3 nitrogen and oxygen atoms in total. The number of rotatable bonds is 7. The van der Waals surface area contributed by atoms with Gasteiger partial charge in [0.05, 0.1) is 12.7 Å². The van der Waals surface area contributed by atoms with Crippen molar-refractivity contribution >= 4 is 11.4 Å². The minimum atomic E-state index is -1.18. The van der Waals surface area contributed by atoms with Crippen LogP contribution in [0.2, 0.25) is 0 Å². The van der Waals surface area contributed by atoms with Gasteiger partial charge < -0.3 is 9.29 Å². The second-order valence-corrected chi connectivity index (χ2v) is 9.78. The van der Waals surface area contributed by atoms with Crippen LogP contribution in [0, 0.1) is 13.8 Å². The highest BCUT2D eigenvalue weighted by Crippen LogP contribution is 2.29. The summed E-state index contributed by atoms with van der Waals surface area (Å²) in [5, 5.41) is 0. The Morgan fingerprint density at radius 2 is 1.58 bits per heavy atom. The van der Waals surface area contributed by atoms with Crippen molar-refractivity contribution in [2.45, 2.75) is 65.0 Å². The maximum absolute atomic E-state index is 12.8. The van der Waals surface area contributed by atoms with Gasteiger partial charge in [0.25, 0.3) is 0 Å². The SMILES string of the molecule is Cc1cccc(C)c1[C@@H](N[S+]([O-])C(C)(C)C)[C@H](C)OCc1ccccc1. The zero-order valence-electron chi connectivity index (χ0n) is 16.7. The van der Waals surface area contributed by atoms with E-state index in [0.717, 1.165) is 5.56 Å². The van der Waals surface area contributed by atoms with Gasteiger partial charge in [0, 0.05) is 11.4 Å². The number of hydrogen-bond acceptors (Lipinski definition) is 3. The lowest BCUT2D eigenvalue weighted by Crippen LogP contribution is -2.45. The van der Waals surface area contributed by atoms with Crippen molar-refractivity contribution in [1.29, 1.82) is 0 Å². The summed E-state index contributed by atoms with van der Waals surface area (Å²) in [4.78, 5) is 0. The van der Waals surface area contributed by atoms with E-state index in [1.807, 2.05) is 45.9 Å². The zero-order valence-corrected chi connectivity index (χ0v) is 17.5. The van der Waals surface area contributed by atoms with Gasteiger partial charge in [0.2, 0.25) is 0 Å². The van der Waals surface area contributed by atoms with Gasteiger partial charge in [0.15, 0.2) is 0 Å². The van der Waals surface area contributed by atoms with E-state index in [1.165, 1.54) is 16.7 Å². The number of nitrogens with one attached hydrogen (secondary N) is 1. The lowest BCUT2D eigenvalue weighted by atomic mass is 9.94. The lowest BCUT2D eigenvalue weighted by Gasteiger charge is -2.32. The molecule has 1 N–H and O–H groups in total. The Kier molecular flexibility index (Phi) is 7.30. The molecule has 1 unspecified atom stereocenters. The Hall–Kier alpha value is -1.33. The normalized spacial score (nSPS) is 15.5. The fourth-order valence-corrected chi connectivity index (χ4v) is 3.79. The molecule has 0 saturated heterocycles. The Labute approximate surface area is 161 Å². The third-order valence-corrected chi connectivity index (χ3v) is 6.05. The van der Waals surface area contributed by atoms with Crippen LogP contribution in [-0.2, 0) is 22.7 Å². The van der Waals surface area contributed by atoms with E-state index in [9.17, 15) is 4.55 Å². The van der Waals surface area contributed by atoms with Crippen LogP contribution in [0.1, 0.15) is 56.0 Å². The molecule has 142 valence electrons. The van der Waals surface area contributed by atoms with Crippen LogP contribution < -0.4 is 4.72 Å². The predicted molar refractivity (Wildman–Crippen MR) is 110 cm³/mol. The zero-order chi connectivity index (χ0) is 19.3. The van der Waals surface area contributed by atoms with Crippen LogP contribution in [0.5, 0.6) is 0 Å². The second kappa shape index (κ2) is 9.05. The first-order valence-corrected chi connectivity index (χ1v) is 10.2. The molecule has 0 aliphatic carbocycles. The first-order chi connectivity index (χ1) is 12.2. The summed E-state index contributed by atoms with van der Waals surface area (Å²) >= 11 is -1.18. The van der Waals surface area contributed by atoms with Crippen molar-refractivity contribution in [1.82, 2.24) is 4.72 Å². The molecule has 4 heteroatoms. The van der Waals surface area contributed by atoms with E-state index in [1.54, 1.807) is 0 Å². The molecule has 0 aliphatic heterocycles. The molecule has 26 heavy (non-hydrogen) atoms. The molecule has 2 aromatic carbocycles. The number of benzene rings is 2. The summed E-state index contributed by atoms with van der Waals surface area (Å²) in [7, 11) is 0. The van der Waals surface area contributed by atoms with Gasteiger partial charge in [-0.05, 0) is 63.8 Å². The van der Waals surface area contributed by atoms with Crippen LogP contribution in [-0.4, -0.2) is 15.4 Å². The smallest absolute Gasteiger partial charge is 0.136 e. The van der Waals surface area contributed by atoms with Crippen molar-refractivity contribution in [2.24, 2.45) is 0 Å². The average molecular weight is 374 g/mol. The summed E-state index contributed by atoms with van der Waals surface area (Å²) in [6.45, 7) is 12.7. The topological polar surface area (TPSA) is 44.3 Å². The average Bonchev–Trinajstić information content (AvgIpc) is 2.58. The van der Waals surface area contributed by atoms with Crippen LogP contribution >= 0.6 is 0 Å². The maximum atomic E-state index is 12.8. The molecule has 0 aromatic heterocycles. The first-order valence-electron chi connectivity index (χ1n) is 9.10. The fourth-order valence-electron chi connectivity index (χ4n) is 2.90. The van der Waals surface area contributed by atoms with Crippen molar-refractivity contribution in [2.75, 3.05) is 0 Å². The Balaban J connectivity index is 2.24. The lowest BCUT2D eigenvalue weighted by molar-refractivity contribution is 0.0314. The minimum Gasteiger partial charge on any atom is -0.598 e. The standard InChI is InChI=1S/C22H31NO2S/c1-16-11-10-12-17(2)20(16)21(23-26(24)22(4,5)6)18(3)25-15-19-13-8-7-9-14-19/h7-14,18,21,23H,15H2,1-6H3/t18-,21-,26?/m0/s1. The van der Waals surface area contributed by atoms with Crippen molar-refractivity contribution < 1.29 is 9.29 Å². The van der Waals surface area contributed by atoms with E-state index in [-0.39, 0.29) is 16.9 Å². The summed E-state index contributed by atoms with van der Waals surface area (Å²) in [6.07, 6.45) is -0.124. The number of ether oxygens (including phenoxy) is 1. The van der Waals surface area contributed by atoms with E-state index in [0.29, 0.717) is 6.61 Å². The third-order valence-electron chi connectivity index (χ3n) is 4.47. The van der Waals surface area contributed by atoms with Gasteiger partial charge in [0.1, 0.15) is 10.8 Å². The molecular weight excluding hydrogens is 342 g/mol. The quantitative estimate of drug-likeness (QED) is 0.695. The van der Waals surface area contributed by atoms with Gasteiger partial charge in [-0.25, -0.2) is 0 Å². The van der Waals surface area contributed by atoms with E-state index >= 15 is 0 Å². The molecule has 0 aliphatic rings. The molecule has 2 aromatic rings. The molecule has 0 radical (unpaired) electrons. The van der Waals surface area contributed by atoms with Crippen molar-refractivity contribution in [3.63, 3.8) is 0 Å². The van der Waals surface area contributed by atoms with Gasteiger partial charge in [-0.3, -0.25) is 0 Å². The molecule has 0 spiro atoms. The van der Waals surface area contributed by atoms with Crippen molar-refractivity contribution in [3.05, 3.63) is 70.8 Å². The van der Waals surface area contributed by atoms with Gasteiger partial charge in [-0.2, -0.15) is 0 Å². The molecule has 0 amide bonds. The van der Waals surface area contributed by atoms with Gasteiger partial charge in [-0.15, -0.1) is 4.72 Å². The molecule has 3 atom stereocenters. The number of aryl methyl sites for hydroxylation is 2. The molecule has 2 rings (SSSR count). The highest BCUT2D eigenvalue weighted by molar-refractivity contribution is 7.90. The van der Waals surface area contributed by atoms with Gasteiger partial charge >= 0.3 is 0 Å². The maximum Gasteiger partial charge on any atom is 0.136 e. The van der Waals surface area contributed by atoms with Crippen LogP contribution in [0.3, 0.4) is 0 Å². The Morgan fingerprint density at radius 1 is 1.00 bits per heavy atom. The fraction of sp³-hybridized carbons (Fsp3) is 0.455. The van der Waals surface area contributed by atoms with E-state index in [2.05, 4.69) is 48.9 Å². The molecule has 0 heterocycles. The van der Waals surface area contributed by atoms with Crippen molar-refractivity contribution in [3.8, 4) is 0 Å². The monoisotopic (exact) mass is 373 g/mol. The third kappa shape index (κ3) is 5.58. The summed E-state index contributed by atoms with van der Waals surface area (Å²) in [5.74, 6) is 0. The molecule has 0 bridgehead atoms. The second-order valence-electron chi connectivity index (χ2n) is 7.78. The number of hydrogen-bond donors (Lipinski definition) is 1. The molecule has 0 fully saturated rings. The van der Waals surface area contributed by atoms with E-state index in [4.69, 9.17) is 4.74 Å². The van der Waals surface area contributed by atoms with Crippen LogP contribution in [0.25, 0.3) is 0 Å². The highest BCUT2D eigenvalue weighted by atomic mass is 32.2. The van der Waals surface area contributed by atoms with Crippen LogP contribution in [0.15, 0.2) is 48.5 Å².